The smallest absolute Gasteiger partial charge is 0.230 e. The zero-order chi connectivity index (χ0) is 17.5. The highest BCUT2D eigenvalue weighted by Crippen LogP contribution is 2.35. The molecule has 138 valence electrons. The fourth-order valence-electron chi connectivity index (χ4n) is 4.08. The summed E-state index contributed by atoms with van der Waals surface area (Å²) in [6.45, 7) is 7.94. The number of nitrogens with zero attached hydrogens (tertiary/aromatic N) is 1. The van der Waals surface area contributed by atoms with Crippen molar-refractivity contribution < 1.29 is 9.53 Å². The van der Waals surface area contributed by atoms with E-state index in [4.69, 9.17) is 4.74 Å². The van der Waals surface area contributed by atoms with E-state index in [0.29, 0.717) is 13.2 Å². The van der Waals surface area contributed by atoms with E-state index in [1.54, 1.807) is 0 Å². The summed E-state index contributed by atoms with van der Waals surface area (Å²) in [5.74, 6) is 1.05. The van der Waals surface area contributed by atoms with Gasteiger partial charge >= 0.3 is 0 Å². The van der Waals surface area contributed by atoms with E-state index < -0.39 is 5.41 Å². The van der Waals surface area contributed by atoms with Crippen molar-refractivity contribution in [2.24, 2.45) is 5.92 Å². The fourth-order valence-corrected chi connectivity index (χ4v) is 4.08. The number of nitrogens with one attached hydrogen (secondary N) is 1. The highest BCUT2D eigenvalue weighted by molar-refractivity contribution is 5.88. The van der Waals surface area contributed by atoms with Gasteiger partial charge in [0.05, 0.1) is 5.41 Å². The second-order valence-corrected chi connectivity index (χ2v) is 7.69. The quantitative estimate of drug-likeness (QED) is 0.807. The minimum absolute atomic E-state index is 0.175. The van der Waals surface area contributed by atoms with Gasteiger partial charge in [-0.1, -0.05) is 37.3 Å². The summed E-state index contributed by atoms with van der Waals surface area (Å²) in [6, 6.07) is 10.2. The second-order valence-electron chi connectivity index (χ2n) is 7.69. The topological polar surface area (TPSA) is 41.6 Å². The Morgan fingerprint density at radius 1 is 1.20 bits per heavy atom. The summed E-state index contributed by atoms with van der Waals surface area (Å²) in [6.07, 6.45) is 5.19. The van der Waals surface area contributed by atoms with Crippen LogP contribution in [0, 0.1) is 5.92 Å². The number of hydrogen-bond acceptors (Lipinski definition) is 3. The average molecular weight is 344 g/mol. The van der Waals surface area contributed by atoms with Gasteiger partial charge in [-0.05, 0) is 63.2 Å². The van der Waals surface area contributed by atoms with Crippen LogP contribution in [0.3, 0.4) is 0 Å². The van der Waals surface area contributed by atoms with Crippen molar-refractivity contribution in [1.82, 2.24) is 10.2 Å². The maximum Gasteiger partial charge on any atom is 0.230 e. The molecule has 2 aliphatic heterocycles. The van der Waals surface area contributed by atoms with Gasteiger partial charge in [0.15, 0.2) is 0 Å². The molecule has 0 unspecified atom stereocenters. The monoisotopic (exact) mass is 344 g/mol. The van der Waals surface area contributed by atoms with E-state index in [1.807, 2.05) is 18.2 Å². The molecule has 1 aromatic carbocycles. The first kappa shape index (κ1) is 18.4. The van der Waals surface area contributed by atoms with Gasteiger partial charge in [-0.3, -0.25) is 4.79 Å². The molecule has 0 saturated carbocycles. The average Bonchev–Trinajstić information content (AvgIpc) is 2.67. The third kappa shape index (κ3) is 4.62. The van der Waals surface area contributed by atoms with Gasteiger partial charge < -0.3 is 15.0 Å². The predicted molar refractivity (Wildman–Crippen MR) is 101 cm³/mol. The molecule has 2 fully saturated rings. The van der Waals surface area contributed by atoms with Crippen LogP contribution in [0.25, 0.3) is 0 Å². The normalized spacial score (nSPS) is 21.8. The van der Waals surface area contributed by atoms with E-state index in [1.165, 1.54) is 25.9 Å². The minimum Gasteiger partial charge on any atom is -0.381 e. The maximum absolute atomic E-state index is 13.0. The van der Waals surface area contributed by atoms with Crippen molar-refractivity contribution in [2.75, 3.05) is 39.4 Å². The summed E-state index contributed by atoms with van der Waals surface area (Å²) in [5.41, 5.74) is 0.709. The first-order chi connectivity index (χ1) is 12.2. The Balaban J connectivity index is 1.51. The first-order valence-corrected chi connectivity index (χ1v) is 9.85. The second kappa shape index (κ2) is 8.81. The Morgan fingerprint density at radius 2 is 1.88 bits per heavy atom. The molecule has 0 atom stereocenters. The van der Waals surface area contributed by atoms with Gasteiger partial charge in [-0.25, -0.2) is 0 Å². The lowest BCUT2D eigenvalue weighted by atomic mass is 9.73. The van der Waals surface area contributed by atoms with Crippen LogP contribution in [-0.4, -0.2) is 50.2 Å². The molecule has 0 bridgehead atoms. The van der Waals surface area contributed by atoms with Crippen LogP contribution in [0.1, 0.15) is 44.6 Å². The third-order valence-electron chi connectivity index (χ3n) is 5.92. The highest BCUT2D eigenvalue weighted by atomic mass is 16.5. The standard InChI is InChI=1S/C21H32N2O2/c1-18-8-14-23(15-9-18)13-5-12-22-20(24)21(10-16-25-17-11-21)19-6-3-2-4-7-19/h2-4,6-7,18H,5,8-17H2,1H3,(H,22,24). The molecule has 4 heteroatoms. The number of rotatable bonds is 6. The zero-order valence-electron chi connectivity index (χ0n) is 15.5. The highest BCUT2D eigenvalue weighted by Gasteiger charge is 2.41. The predicted octanol–water partition coefficient (Wildman–Crippen LogP) is 2.97. The summed E-state index contributed by atoms with van der Waals surface area (Å²) in [5, 5.41) is 3.22. The number of likely N-dealkylation sites (tertiary alicyclic amines) is 1. The van der Waals surface area contributed by atoms with Crippen molar-refractivity contribution in [2.45, 2.75) is 44.4 Å². The number of carbonyl (C=O) groups is 1. The lowest BCUT2D eigenvalue weighted by molar-refractivity contribution is -0.130. The minimum atomic E-state index is -0.417. The molecule has 2 saturated heterocycles. The number of amides is 1. The van der Waals surface area contributed by atoms with Crippen LogP contribution in [0.4, 0.5) is 0 Å². The Morgan fingerprint density at radius 3 is 2.56 bits per heavy atom. The molecule has 0 aliphatic carbocycles. The van der Waals surface area contributed by atoms with Crippen LogP contribution < -0.4 is 5.32 Å². The number of carbonyl (C=O) groups excluding carboxylic acids is 1. The van der Waals surface area contributed by atoms with Crippen LogP contribution in [0.15, 0.2) is 30.3 Å². The molecule has 3 rings (SSSR count). The molecule has 25 heavy (non-hydrogen) atoms. The molecule has 4 nitrogen and oxygen atoms in total. The summed E-state index contributed by atoms with van der Waals surface area (Å²) in [7, 11) is 0. The maximum atomic E-state index is 13.0. The van der Waals surface area contributed by atoms with Gasteiger partial charge in [0.2, 0.25) is 5.91 Å². The summed E-state index contributed by atoms with van der Waals surface area (Å²) < 4.78 is 5.52. The molecular formula is C21H32N2O2. The number of piperidine rings is 1. The van der Waals surface area contributed by atoms with Gasteiger partial charge in [0.25, 0.3) is 0 Å². The third-order valence-corrected chi connectivity index (χ3v) is 5.92. The van der Waals surface area contributed by atoms with Crippen molar-refractivity contribution in [1.29, 1.82) is 0 Å². The largest absolute Gasteiger partial charge is 0.381 e. The van der Waals surface area contributed by atoms with Gasteiger partial charge in [-0.2, -0.15) is 0 Å². The molecule has 2 heterocycles. The Kier molecular flexibility index (Phi) is 6.49. The zero-order valence-corrected chi connectivity index (χ0v) is 15.5. The van der Waals surface area contributed by atoms with E-state index in [-0.39, 0.29) is 5.91 Å². The molecule has 0 radical (unpaired) electrons. The van der Waals surface area contributed by atoms with E-state index >= 15 is 0 Å². The Labute approximate surface area is 151 Å². The number of ether oxygens (including phenoxy) is 1. The van der Waals surface area contributed by atoms with Gasteiger partial charge in [0.1, 0.15) is 0 Å². The van der Waals surface area contributed by atoms with Crippen LogP contribution >= 0.6 is 0 Å². The SMILES string of the molecule is CC1CCN(CCCNC(=O)C2(c3ccccc3)CCOCC2)CC1. The first-order valence-electron chi connectivity index (χ1n) is 9.85. The van der Waals surface area contributed by atoms with Crippen LogP contribution in [-0.2, 0) is 14.9 Å². The molecule has 1 aromatic rings. The molecule has 2 aliphatic rings. The fraction of sp³-hybridized carbons (Fsp3) is 0.667. The number of benzene rings is 1. The van der Waals surface area contributed by atoms with Crippen LogP contribution in [0.5, 0.6) is 0 Å². The van der Waals surface area contributed by atoms with Crippen molar-refractivity contribution >= 4 is 5.91 Å². The number of hydrogen-bond donors (Lipinski definition) is 1. The van der Waals surface area contributed by atoms with E-state index in [0.717, 1.165) is 43.8 Å². The molecule has 1 amide bonds. The van der Waals surface area contributed by atoms with Crippen molar-refractivity contribution in [3.63, 3.8) is 0 Å². The summed E-state index contributed by atoms with van der Waals surface area (Å²) >= 11 is 0. The van der Waals surface area contributed by atoms with Crippen molar-refractivity contribution in [3.8, 4) is 0 Å². The lowest BCUT2D eigenvalue weighted by Crippen LogP contribution is -2.48. The molecular weight excluding hydrogens is 312 g/mol. The van der Waals surface area contributed by atoms with E-state index in [9.17, 15) is 4.79 Å². The molecule has 0 aromatic heterocycles. The van der Waals surface area contributed by atoms with Crippen molar-refractivity contribution in [3.05, 3.63) is 35.9 Å². The molecule has 1 N–H and O–H groups in total. The van der Waals surface area contributed by atoms with Crippen LogP contribution in [0.2, 0.25) is 0 Å². The Hall–Kier alpha value is -1.39. The van der Waals surface area contributed by atoms with Gasteiger partial charge in [0, 0.05) is 19.8 Å². The lowest BCUT2D eigenvalue weighted by Gasteiger charge is -2.36. The Bertz CT molecular complexity index is 532. The van der Waals surface area contributed by atoms with Gasteiger partial charge in [-0.15, -0.1) is 0 Å². The van der Waals surface area contributed by atoms with E-state index in [2.05, 4.69) is 29.3 Å². The summed E-state index contributed by atoms with van der Waals surface area (Å²) in [4.78, 5) is 15.6. The molecule has 0 spiro atoms.